The molecule has 0 aliphatic carbocycles. The van der Waals surface area contributed by atoms with E-state index in [4.69, 9.17) is 4.74 Å². The van der Waals surface area contributed by atoms with Crippen molar-refractivity contribution < 1.29 is 9.53 Å². The van der Waals surface area contributed by atoms with Crippen LogP contribution in [0.3, 0.4) is 0 Å². The van der Waals surface area contributed by atoms with E-state index in [1.54, 1.807) is 18.0 Å². The van der Waals surface area contributed by atoms with E-state index in [-0.39, 0.29) is 11.9 Å². The molecule has 0 radical (unpaired) electrons. The van der Waals surface area contributed by atoms with Gasteiger partial charge in [-0.1, -0.05) is 12.1 Å². The monoisotopic (exact) mass is 393 g/mol. The average molecular weight is 393 g/mol. The number of hydrogen-bond donors (Lipinski definition) is 1. The molecule has 1 fully saturated rings. The summed E-state index contributed by atoms with van der Waals surface area (Å²) in [6, 6.07) is 12.1. The van der Waals surface area contributed by atoms with Crippen LogP contribution in [-0.2, 0) is 7.05 Å². The normalized spacial score (nSPS) is 15.4. The molecule has 1 aliphatic heterocycles. The lowest BCUT2D eigenvalue weighted by Gasteiger charge is -2.28. The van der Waals surface area contributed by atoms with Crippen molar-refractivity contribution in [3.05, 3.63) is 66.1 Å². The Kier molecular flexibility index (Phi) is 5.67. The second kappa shape index (κ2) is 8.53. The van der Waals surface area contributed by atoms with E-state index in [1.807, 2.05) is 48.3 Å². The third-order valence-corrected chi connectivity index (χ3v) is 5.52. The zero-order chi connectivity index (χ0) is 20.2. The van der Waals surface area contributed by atoms with Gasteiger partial charge in [-0.2, -0.15) is 5.10 Å². The lowest BCUT2D eigenvalue weighted by atomic mass is 10.0. The number of aromatic nitrogens is 3. The Morgan fingerprint density at radius 1 is 1.21 bits per heavy atom. The maximum absolute atomic E-state index is 13.0. The summed E-state index contributed by atoms with van der Waals surface area (Å²) in [6.07, 6.45) is 7.83. The number of likely N-dealkylation sites (tertiary alicyclic amines) is 1. The van der Waals surface area contributed by atoms with E-state index in [9.17, 15) is 4.79 Å². The Bertz CT molecular complexity index is 958. The number of aryl methyl sites for hydroxylation is 1. The van der Waals surface area contributed by atoms with Crippen LogP contribution in [0.2, 0.25) is 0 Å². The van der Waals surface area contributed by atoms with Crippen LogP contribution in [0.25, 0.3) is 5.82 Å². The predicted octanol–water partition coefficient (Wildman–Crippen LogP) is 2.79. The standard InChI is InChI=1S/C22H27N5O2/c1-25-22(27-12-5-6-13-27)19(15-24-25)21(28)23-16-20(26-10-3-4-11-26)17-8-7-9-18(14-17)29-2/h5-9,12-15,20H,3-4,10-11,16H2,1-2H3,(H,23,28). The molecule has 4 rings (SSSR count). The molecule has 0 bridgehead atoms. The van der Waals surface area contributed by atoms with Crippen molar-refractivity contribution in [1.29, 1.82) is 0 Å². The first-order valence-corrected chi connectivity index (χ1v) is 9.99. The Balaban J connectivity index is 1.54. The van der Waals surface area contributed by atoms with Crippen LogP contribution in [0.4, 0.5) is 0 Å². The summed E-state index contributed by atoms with van der Waals surface area (Å²) in [4.78, 5) is 15.5. The Hall–Kier alpha value is -3.06. The smallest absolute Gasteiger partial charge is 0.256 e. The number of ether oxygens (including phenoxy) is 1. The molecule has 29 heavy (non-hydrogen) atoms. The number of rotatable bonds is 7. The molecule has 152 valence electrons. The van der Waals surface area contributed by atoms with Gasteiger partial charge in [0.05, 0.1) is 19.3 Å². The van der Waals surface area contributed by atoms with Crippen molar-refractivity contribution in [3.8, 4) is 11.6 Å². The van der Waals surface area contributed by atoms with Gasteiger partial charge in [-0.3, -0.25) is 14.4 Å². The third-order valence-electron chi connectivity index (χ3n) is 5.52. The van der Waals surface area contributed by atoms with Crippen LogP contribution in [0.5, 0.6) is 5.75 Å². The van der Waals surface area contributed by atoms with Gasteiger partial charge in [-0.05, 0) is 55.8 Å². The lowest BCUT2D eigenvalue weighted by molar-refractivity contribution is 0.0938. The van der Waals surface area contributed by atoms with Gasteiger partial charge in [0.2, 0.25) is 0 Å². The number of benzene rings is 1. The van der Waals surface area contributed by atoms with Gasteiger partial charge >= 0.3 is 0 Å². The molecule has 1 atom stereocenters. The number of carbonyl (C=O) groups excluding carboxylic acids is 1. The summed E-state index contributed by atoms with van der Waals surface area (Å²) in [5.41, 5.74) is 1.72. The zero-order valence-corrected chi connectivity index (χ0v) is 16.9. The number of amides is 1. The molecule has 3 heterocycles. The first-order valence-electron chi connectivity index (χ1n) is 9.99. The highest BCUT2D eigenvalue weighted by molar-refractivity contribution is 5.97. The van der Waals surface area contributed by atoms with E-state index >= 15 is 0 Å². The maximum atomic E-state index is 13.0. The molecule has 3 aromatic rings. The van der Waals surface area contributed by atoms with Crippen molar-refractivity contribution in [3.63, 3.8) is 0 Å². The summed E-state index contributed by atoms with van der Waals surface area (Å²) in [6.45, 7) is 2.62. The molecule has 1 aliphatic rings. The molecule has 1 aromatic carbocycles. The SMILES string of the molecule is COc1cccc(C(CNC(=O)c2cnn(C)c2-n2cccc2)N2CCCC2)c1. The maximum Gasteiger partial charge on any atom is 0.256 e. The largest absolute Gasteiger partial charge is 0.497 e. The second-order valence-corrected chi connectivity index (χ2v) is 7.34. The van der Waals surface area contributed by atoms with Crippen molar-refractivity contribution in [1.82, 2.24) is 24.6 Å². The highest BCUT2D eigenvalue weighted by Gasteiger charge is 2.25. The minimum atomic E-state index is -0.117. The van der Waals surface area contributed by atoms with Crippen LogP contribution in [0.15, 0.2) is 55.0 Å². The van der Waals surface area contributed by atoms with E-state index in [2.05, 4.69) is 27.4 Å². The Morgan fingerprint density at radius 2 is 1.97 bits per heavy atom. The molecule has 1 amide bonds. The summed E-state index contributed by atoms with van der Waals surface area (Å²) < 4.78 is 9.02. The summed E-state index contributed by atoms with van der Waals surface area (Å²) >= 11 is 0. The number of nitrogens with zero attached hydrogens (tertiary/aromatic N) is 4. The topological polar surface area (TPSA) is 64.3 Å². The number of nitrogens with one attached hydrogen (secondary N) is 1. The Morgan fingerprint density at radius 3 is 2.69 bits per heavy atom. The molecule has 1 N–H and O–H groups in total. The third kappa shape index (κ3) is 4.05. The minimum Gasteiger partial charge on any atom is -0.497 e. The van der Waals surface area contributed by atoms with Gasteiger partial charge in [0.1, 0.15) is 17.1 Å². The van der Waals surface area contributed by atoms with Crippen LogP contribution in [0, 0.1) is 0 Å². The summed E-state index contributed by atoms with van der Waals surface area (Å²) in [5, 5.41) is 7.43. The van der Waals surface area contributed by atoms with E-state index in [0.717, 1.165) is 30.2 Å². The molecular formula is C22H27N5O2. The van der Waals surface area contributed by atoms with Crippen LogP contribution in [0.1, 0.15) is 34.8 Å². The van der Waals surface area contributed by atoms with Gasteiger partial charge in [0, 0.05) is 26.0 Å². The zero-order valence-electron chi connectivity index (χ0n) is 16.9. The van der Waals surface area contributed by atoms with Crippen LogP contribution in [-0.4, -0.2) is 51.9 Å². The van der Waals surface area contributed by atoms with Crippen molar-refractivity contribution in [2.24, 2.45) is 7.05 Å². The Labute approximate surface area is 170 Å². The molecule has 7 heteroatoms. The molecule has 2 aromatic heterocycles. The fraction of sp³-hybridized carbons (Fsp3) is 0.364. The molecule has 1 unspecified atom stereocenters. The highest BCUT2D eigenvalue weighted by atomic mass is 16.5. The van der Waals surface area contributed by atoms with Gasteiger partial charge in [0.25, 0.3) is 5.91 Å². The van der Waals surface area contributed by atoms with Gasteiger partial charge in [0.15, 0.2) is 0 Å². The molecule has 0 saturated carbocycles. The second-order valence-electron chi connectivity index (χ2n) is 7.34. The fourth-order valence-corrected chi connectivity index (χ4v) is 4.02. The average Bonchev–Trinajstić information content (AvgIpc) is 3.50. The number of hydrogen-bond acceptors (Lipinski definition) is 4. The van der Waals surface area contributed by atoms with Crippen LogP contribution >= 0.6 is 0 Å². The summed E-state index contributed by atoms with van der Waals surface area (Å²) in [5.74, 6) is 1.47. The molecule has 0 spiro atoms. The highest BCUT2D eigenvalue weighted by Crippen LogP contribution is 2.27. The van der Waals surface area contributed by atoms with Crippen molar-refractivity contribution in [2.45, 2.75) is 18.9 Å². The first kappa shape index (κ1) is 19.3. The lowest BCUT2D eigenvalue weighted by Crippen LogP contribution is -2.37. The fourth-order valence-electron chi connectivity index (χ4n) is 4.02. The van der Waals surface area contributed by atoms with Gasteiger partial charge < -0.3 is 14.6 Å². The van der Waals surface area contributed by atoms with E-state index in [0.29, 0.717) is 12.1 Å². The quantitative estimate of drug-likeness (QED) is 0.670. The number of methoxy groups -OCH3 is 1. The van der Waals surface area contributed by atoms with E-state index in [1.165, 1.54) is 12.8 Å². The molecule has 1 saturated heterocycles. The first-order chi connectivity index (χ1) is 14.2. The van der Waals surface area contributed by atoms with Gasteiger partial charge in [-0.15, -0.1) is 0 Å². The van der Waals surface area contributed by atoms with Crippen molar-refractivity contribution >= 4 is 5.91 Å². The number of carbonyl (C=O) groups is 1. The molecular weight excluding hydrogens is 366 g/mol. The van der Waals surface area contributed by atoms with Gasteiger partial charge in [-0.25, -0.2) is 0 Å². The van der Waals surface area contributed by atoms with Crippen molar-refractivity contribution in [2.75, 3.05) is 26.7 Å². The molecule has 7 nitrogen and oxygen atoms in total. The van der Waals surface area contributed by atoms with E-state index < -0.39 is 0 Å². The summed E-state index contributed by atoms with van der Waals surface area (Å²) in [7, 11) is 3.52. The minimum absolute atomic E-state index is 0.114. The predicted molar refractivity (Wildman–Crippen MR) is 111 cm³/mol. The van der Waals surface area contributed by atoms with Crippen LogP contribution < -0.4 is 10.1 Å².